The number of piperidine rings is 1. The van der Waals surface area contributed by atoms with Crippen LogP contribution < -0.4 is 4.90 Å². The SMILES string of the molecule is N#Cc1ccc(N2CC3CCC2C3)cc1[N+](=O)[O-]. The van der Waals surface area contributed by atoms with Crippen LogP contribution in [0.25, 0.3) is 0 Å². The second kappa shape index (κ2) is 3.98. The number of hydrogen-bond acceptors (Lipinski definition) is 4. The highest BCUT2D eigenvalue weighted by Crippen LogP contribution is 2.41. The Bertz CT molecular complexity index is 550. The van der Waals surface area contributed by atoms with E-state index in [2.05, 4.69) is 4.90 Å². The number of rotatable bonds is 2. The van der Waals surface area contributed by atoms with Gasteiger partial charge in [0.15, 0.2) is 0 Å². The third-order valence-corrected chi connectivity index (χ3v) is 4.04. The second-order valence-electron chi connectivity index (χ2n) is 5.06. The van der Waals surface area contributed by atoms with E-state index in [1.54, 1.807) is 12.1 Å². The van der Waals surface area contributed by atoms with Gasteiger partial charge in [0.05, 0.1) is 4.92 Å². The van der Waals surface area contributed by atoms with Crippen molar-refractivity contribution in [3.63, 3.8) is 0 Å². The van der Waals surface area contributed by atoms with Crippen LogP contribution in [0, 0.1) is 27.4 Å². The first-order chi connectivity index (χ1) is 8.69. The zero-order valence-electron chi connectivity index (χ0n) is 9.87. The zero-order chi connectivity index (χ0) is 12.7. The lowest BCUT2D eigenvalue weighted by atomic mass is 10.1. The van der Waals surface area contributed by atoms with E-state index in [-0.39, 0.29) is 11.3 Å². The first-order valence-electron chi connectivity index (χ1n) is 6.14. The Hall–Kier alpha value is -2.09. The van der Waals surface area contributed by atoms with Crippen LogP contribution in [0.15, 0.2) is 18.2 Å². The monoisotopic (exact) mass is 243 g/mol. The molecule has 1 aliphatic heterocycles. The standard InChI is InChI=1S/C13H13N3O2/c14-7-10-2-4-12(6-13(10)16(17)18)15-8-9-1-3-11(15)5-9/h2,4,6,9,11H,1,3,5,8H2. The van der Waals surface area contributed by atoms with Gasteiger partial charge in [0, 0.05) is 24.3 Å². The fraction of sp³-hybridized carbons (Fsp3) is 0.462. The van der Waals surface area contributed by atoms with E-state index >= 15 is 0 Å². The molecule has 2 bridgehead atoms. The van der Waals surface area contributed by atoms with Crippen LogP contribution >= 0.6 is 0 Å². The first kappa shape index (κ1) is 11.0. The topological polar surface area (TPSA) is 70.2 Å². The molecule has 1 heterocycles. The highest BCUT2D eigenvalue weighted by atomic mass is 16.6. The maximum Gasteiger partial charge on any atom is 0.289 e. The molecule has 18 heavy (non-hydrogen) atoms. The maximum atomic E-state index is 10.9. The normalized spacial score (nSPS) is 25.2. The average Bonchev–Trinajstić information content (AvgIpc) is 3.00. The third kappa shape index (κ3) is 1.61. The van der Waals surface area contributed by atoms with Gasteiger partial charge in [0.25, 0.3) is 5.69 Å². The summed E-state index contributed by atoms with van der Waals surface area (Å²) < 4.78 is 0. The van der Waals surface area contributed by atoms with Gasteiger partial charge >= 0.3 is 0 Å². The summed E-state index contributed by atoms with van der Waals surface area (Å²) in [4.78, 5) is 12.7. The lowest BCUT2D eigenvalue weighted by Crippen LogP contribution is -2.31. The molecule has 2 aliphatic rings. The van der Waals surface area contributed by atoms with Gasteiger partial charge in [-0.2, -0.15) is 5.26 Å². The van der Waals surface area contributed by atoms with Gasteiger partial charge in [-0.15, -0.1) is 0 Å². The van der Waals surface area contributed by atoms with Crippen LogP contribution in [-0.2, 0) is 0 Å². The summed E-state index contributed by atoms with van der Waals surface area (Å²) >= 11 is 0. The molecule has 5 heteroatoms. The molecule has 1 aromatic carbocycles. The molecule has 1 aliphatic carbocycles. The molecule has 0 spiro atoms. The van der Waals surface area contributed by atoms with Gasteiger partial charge in [-0.25, -0.2) is 0 Å². The molecule has 0 radical (unpaired) electrons. The summed E-state index contributed by atoms with van der Waals surface area (Å²) in [6.07, 6.45) is 3.66. The second-order valence-corrected chi connectivity index (χ2v) is 5.06. The van der Waals surface area contributed by atoms with E-state index in [9.17, 15) is 10.1 Å². The Balaban J connectivity index is 1.97. The number of nitro groups is 1. The molecule has 0 aromatic heterocycles. The van der Waals surface area contributed by atoms with E-state index in [4.69, 9.17) is 5.26 Å². The van der Waals surface area contributed by atoms with Gasteiger partial charge in [0.2, 0.25) is 0 Å². The van der Waals surface area contributed by atoms with Crippen molar-refractivity contribution in [2.75, 3.05) is 11.4 Å². The van der Waals surface area contributed by atoms with Crippen molar-refractivity contribution in [1.82, 2.24) is 0 Å². The molecule has 2 fully saturated rings. The summed E-state index contributed by atoms with van der Waals surface area (Å²) in [5.41, 5.74) is 0.929. The Kier molecular flexibility index (Phi) is 2.44. The van der Waals surface area contributed by atoms with Crippen molar-refractivity contribution in [3.8, 4) is 6.07 Å². The number of nitrogens with zero attached hydrogens (tertiary/aromatic N) is 3. The average molecular weight is 243 g/mol. The van der Waals surface area contributed by atoms with Crippen LogP contribution in [0.5, 0.6) is 0 Å². The zero-order valence-corrected chi connectivity index (χ0v) is 9.87. The smallest absolute Gasteiger partial charge is 0.289 e. The minimum atomic E-state index is -0.476. The molecule has 92 valence electrons. The highest BCUT2D eigenvalue weighted by molar-refractivity contribution is 5.61. The molecule has 2 atom stereocenters. The summed E-state index contributed by atoms with van der Waals surface area (Å²) in [5, 5.41) is 19.8. The largest absolute Gasteiger partial charge is 0.368 e. The van der Waals surface area contributed by atoms with Crippen LogP contribution in [-0.4, -0.2) is 17.5 Å². The summed E-state index contributed by atoms with van der Waals surface area (Å²) in [5.74, 6) is 0.740. The van der Waals surface area contributed by atoms with Crippen molar-refractivity contribution < 1.29 is 4.92 Å². The molecule has 3 rings (SSSR count). The minimum Gasteiger partial charge on any atom is -0.368 e. The van der Waals surface area contributed by atoms with E-state index in [1.165, 1.54) is 19.3 Å². The number of benzene rings is 1. The highest BCUT2D eigenvalue weighted by Gasteiger charge is 2.38. The molecule has 1 aromatic rings. The van der Waals surface area contributed by atoms with Gasteiger partial charge < -0.3 is 4.90 Å². The van der Waals surface area contributed by atoms with E-state index in [0.29, 0.717) is 6.04 Å². The number of hydrogen-bond donors (Lipinski definition) is 0. The van der Waals surface area contributed by atoms with Crippen molar-refractivity contribution in [2.45, 2.75) is 25.3 Å². The van der Waals surface area contributed by atoms with Crippen LogP contribution in [0.3, 0.4) is 0 Å². The van der Waals surface area contributed by atoms with Gasteiger partial charge in [0.1, 0.15) is 11.6 Å². The summed E-state index contributed by atoms with van der Waals surface area (Å²) in [7, 11) is 0. The number of fused-ring (bicyclic) bond motifs is 2. The van der Waals surface area contributed by atoms with Gasteiger partial charge in [-0.3, -0.25) is 10.1 Å². The molecule has 2 unspecified atom stereocenters. The molecular formula is C13H13N3O2. The van der Waals surface area contributed by atoms with Crippen LogP contribution in [0.2, 0.25) is 0 Å². The predicted octanol–water partition coefficient (Wildman–Crippen LogP) is 2.46. The van der Waals surface area contributed by atoms with E-state index < -0.39 is 4.92 Å². The molecule has 1 saturated carbocycles. The lowest BCUT2D eigenvalue weighted by Gasteiger charge is -2.29. The third-order valence-electron chi connectivity index (χ3n) is 4.04. The number of anilines is 1. The summed E-state index contributed by atoms with van der Waals surface area (Å²) in [6.45, 7) is 0.994. The Morgan fingerprint density at radius 3 is 2.83 bits per heavy atom. The van der Waals surface area contributed by atoms with E-state index in [1.807, 2.05) is 12.1 Å². The van der Waals surface area contributed by atoms with E-state index in [0.717, 1.165) is 18.2 Å². The predicted molar refractivity (Wildman–Crippen MR) is 66.3 cm³/mol. The minimum absolute atomic E-state index is 0.0854. The summed E-state index contributed by atoms with van der Waals surface area (Å²) in [6, 6.07) is 7.32. The fourth-order valence-corrected chi connectivity index (χ4v) is 3.19. The Morgan fingerprint density at radius 2 is 2.28 bits per heavy atom. The first-order valence-corrected chi connectivity index (χ1v) is 6.14. The van der Waals surface area contributed by atoms with Crippen molar-refractivity contribution in [3.05, 3.63) is 33.9 Å². The van der Waals surface area contributed by atoms with Crippen LogP contribution in [0.1, 0.15) is 24.8 Å². The maximum absolute atomic E-state index is 10.9. The molecule has 5 nitrogen and oxygen atoms in total. The quantitative estimate of drug-likeness (QED) is 0.591. The fourth-order valence-electron chi connectivity index (χ4n) is 3.19. The van der Waals surface area contributed by atoms with Crippen molar-refractivity contribution >= 4 is 11.4 Å². The molecule has 0 N–H and O–H groups in total. The Labute approximate surface area is 105 Å². The van der Waals surface area contributed by atoms with Gasteiger partial charge in [-0.1, -0.05) is 0 Å². The molecular weight excluding hydrogens is 230 g/mol. The van der Waals surface area contributed by atoms with Crippen molar-refractivity contribution in [1.29, 1.82) is 5.26 Å². The number of nitro benzene ring substituents is 1. The van der Waals surface area contributed by atoms with Crippen LogP contribution in [0.4, 0.5) is 11.4 Å². The molecule has 0 amide bonds. The number of nitriles is 1. The van der Waals surface area contributed by atoms with Crippen molar-refractivity contribution in [2.24, 2.45) is 5.92 Å². The Morgan fingerprint density at radius 1 is 1.44 bits per heavy atom. The molecule has 1 saturated heterocycles. The van der Waals surface area contributed by atoms with Gasteiger partial charge in [-0.05, 0) is 37.3 Å². The lowest BCUT2D eigenvalue weighted by molar-refractivity contribution is -0.385.